The Morgan fingerprint density at radius 3 is 1.93 bits per heavy atom. The first-order valence-corrected chi connectivity index (χ1v) is 13.1. The fourth-order valence-corrected chi connectivity index (χ4v) is 4.11. The van der Waals surface area contributed by atoms with Gasteiger partial charge in [-0.3, -0.25) is 14.5 Å². The van der Waals surface area contributed by atoms with E-state index < -0.39 is 17.7 Å². The highest BCUT2D eigenvalue weighted by molar-refractivity contribution is 6.21. The first kappa shape index (κ1) is 30.7. The summed E-state index contributed by atoms with van der Waals surface area (Å²) in [4.78, 5) is 38.3. The number of anilines is 2. The van der Waals surface area contributed by atoms with Crippen LogP contribution in [0.25, 0.3) is 0 Å². The highest BCUT2D eigenvalue weighted by atomic mass is 19.4. The summed E-state index contributed by atoms with van der Waals surface area (Å²) in [6.07, 6.45) is -4.48. The van der Waals surface area contributed by atoms with Gasteiger partial charge in [-0.25, -0.2) is 4.79 Å². The number of hydrogen-bond acceptors (Lipinski definition) is 8. The zero-order chi connectivity index (χ0) is 30.0. The average Bonchev–Trinajstić information content (AvgIpc) is 3.22. The molecule has 0 radical (unpaired) electrons. The van der Waals surface area contributed by atoms with Crippen molar-refractivity contribution in [1.29, 1.82) is 0 Å². The van der Waals surface area contributed by atoms with E-state index in [0.717, 1.165) is 17.0 Å². The summed E-state index contributed by atoms with van der Waals surface area (Å²) in [6, 6.07) is 17.7. The van der Waals surface area contributed by atoms with Crippen molar-refractivity contribution in [3.8, 4) is 0 Å². The van der Waals surface area contributed by atoms with Crippen molar-refractivity contribution in [2.75, 3.05) is 58.1 Å². The summed E-state index contributed by atoms with van der Waals surface area (Å²) in [5.41, 5.74) is 0.651. The number of carbonyl (C=O) groups excluding carboxylic acids is 3. The lowest BCUT2D eigenvalue weighted by Gasteiger charge is -2.14. The van der Waals surface area contributed by atoms with Gasteiger partial charge in [-0.05, 0) is 42.5 Å². The number of rotatable bonds is 15. The van der Waals surface area contributed by atoms with Crippen LogP contribution in [0.15, 0.2) is 72.8 Å². The molecule has 9 nitrogen and oxygen atoms in total. The number of imide groups is 1. The molecule has 12 heteroatoms. The number of hydrogen-bond donors (Lipinski definition) is 1. The van der Waals surface area contributed by atoms with Gasteiger partial charge in [0.15, 0.2) is 0 Å². The number of para-hydroxylation sites is 1. The van der Waals surface area contributed by atoms with Crippen molar-refractivity contribution in [1.82, 2.24) is 4.90 Å². The number of nitrogens with one attached hydrogen (secondary N) is 1. The van der Waals surface area contributed by atoms with Crippen molar-refractivity contribution in [3.05, 3.63) is 95.1 Å². The lowest BCUT2D eigenvalue weighted by Crippen LogP contribution is -2.33. The van der Waals surface area contributed by atoms with Gasteiger partial charge in [-0.15, -0.1) is 0 Å². The number of halogens is 3. The maximum Gasteiger partial charge on any atom is 0.416 e. The van der Waals surface area contributed by atoms with Crippen LogP contribution in [-0.2, 0) is 25.1 Å². The molecular formula is C30H29F3N2O7. The molecule has 0 atom stereocenters. The number of nitrogens with zero attached hydrogens (tertiary/aromatic N) is 1. The molecule has 0 unspecified atom stereocenters. The Bertz CT molecular complexity index is 1360. The Morgan fingerprint density at radius 2 is 1.29 bits per heavy atom. The van der Waals surface area contributed by atoms with Crippen LogP contribution in [0, 0.1) is 0 Å². The molecule has 0 spiro atoms. The standard InChI is InChI=1S/C30H29F3N2O7/c31-30(32,33)21-6-5-7-22(20-21)34-26-11-4-3-10-25(26)29(38)42-19-18-41-17-16-40-15-14-39-13-12-35-27(36)23-8-1-2-9-24(23)28(35)37/h1-11,20,34H,12-19H2. The maximum atomic E-state index is 13.0. The molecule has 3 aromatic carbocycles. The number of alkyl halides is 3. The van der Waals surface area contributed by atoms with E-state index in [0.29, 0.717) is 16.8 Å². The highest BCUT2D eigenvalue weighted by Gasteiger charge is 2.34. The van der Waals surface area contributed by atoms with E-state index in [9.17, 15) is 27.6 Å². The molecule has 0 aromatic heterocycles. The molecule has 0 saturated heterocycles. The van der Waals surface area contributed by atoms with Gasteiger partial charge in [0.05, 0.1) is 74.1 Å². The van der Waals surface area contributed by atoms with Gasteiger partial charge in [-0.1, -0.05) is 30.3 Å². The molecule has 2 amide bonds. The second kappa shape index (κ2) is 14.6. The van der Waals surface area contributed by atoms with Crippen LogP contribution < -0.4 is 5.32 Å². The minimum Gasteiger partial charge on any atom is -0.460 e. The predicted molar refractivity (Wildman–Crippen MR) is 146 cm³/mol. The molecule has 222 valence electrons. The van der Waals surface area contributed by atoms with Crippen LogP contribution in [0.2, 0.25) is 0 Å². The van der Waals surface area contributed by atoms with Crippen LogP contribution >= 0.6 is 0 Å². The summed E-state index contributed by atoms with van der Waals surface area (Å²) in [5, 5.41) is 2.84. The lowest BCUT2D eigenvalue weighted by atomic mass is 10.1. The fourth-order valence-electron chi connectivity index (χ4n) is 4.11. The van der Waals surface area contributed by atoms with E-state index >= 15 is 0 Å². The van der Waals surface area contributed by atoms with E-state index in [1.807, 2.05) is 0 Å². The molecule has 0 aliphatic carbocycles. The molecule has 0 fully saturated rings. The van der Waals surface area contributed by atoms with E-state index in [1.54, 1.807) is 42.5 Å². The Labute approximate surface area is 240 Å². The summed E-state index contributed by atoms with van der Waals surface area (Å²) in [7, 11) is 0. The zero-order valence-electron chi connectivity index (χ0n) is 22.5. The van der Waals surface area contributed by atoms with E-state index in [4.69, 9.17) is 18.9 Å². The van der Waals surface area contributed by atoms with Gasteiger partial charge in [0.1, 0.15) is 6.61 Å². The highest BCUT2D eigenvalue weighted by Crippen LogP contribution is 2.32. The third-order valence-electron chi connectivity index (χ3n) is 6.16. The van der Waals surface area contributed by atoms with E-state index in [1.165, 1.54) is 18.2 Å². The zero-order valence-corrected chi connectivity index (χ0v) is 22.5. The van der Waals surface area contributed by atoms with Gasteiger partial charge < -0.3 is 24.3 Å². The summed E-state index contributed by atoms with van der Waals surface area (Å²) < 4.78 is 60.5. The summed E-state index contributed by atoms with van der Waals surface area (Å²) in [5.74, 6) is -1.30. The SMILES string of the molecule is O=C(OCCOCCOCCOCCN1C(=O)c2ccccc2C1=O)c1ccccc1Nc1cccc(C(F)(F)F)c1. The number of amides is 2. The minimum atomic E-state index is -4.48. The second-order valence-electron chi connectivity index (χ2n) is 9.03. The summed E-state index contributed by atoms with van der Waals surface area (Å²) >= 11 is 0. The van der Waals surface area contributed by atoms with Gasteiger partial charge >= 0.3 is 12.1 Å². The van der Waals surface area contributed by atoms with E-state index in [2.05, 4.69) is 5.32 Å². The Balaban J connectivity index is 1.06. The summed E-state index contributed by atoms with van der Waals surface area (Å²) in [6.45, 7) is 1.52. The molecular weight excluding hydrogens is 557 g/mol. The van der Waals surface area contributed by atoms with Crippen molar-refractivity contribution in [2.24, 2.45) is 0 Å². The van der Waals surface area contributed by atoms with Gasteiger partial charge in [-0.2, -0.15) is 13.2 Å². The van der Waals surface area contributed by atoms with Crippen LogP contribution in [-0.4, -0.2) is 75.5 Å². The van der Waals surface area contributed by atoms with Crippen molar-refractivity contribution in [3.63, 3.8) is 0 Å². The molecule has 4 rings (SSSR count). The topological polar surface area (TPSA) is 103 Å². The number of carbonyl (C=O) groups is 3. The monoisotopic (exact) mass is 586 g/mol. The Kier molecular flexibility index (Phi) is 10.7. The van der Waals surface area contributed by atoms with Crippen molar-refractivity contribution < 1.29 is 46.5 Å². The Morgan fingerprint density at radius 1 is 0.714 bits per heavy atom. The molecule has 1 aliphatic rings. The number of benzene rings is 3. The van der Waals surface area contributed by atoms with Crippen LogP contribution in [0.3, 0.4) is 0 Å². The normalized spacial score (nSPS) is 12.9. The number of esters is 1. The van der Waals surface area contributed by atoms with Crippen LogP contribution in [0.5, 0.6) is 0 Å². The maximum absolute atomic E-state index is 13.0. The molecule has 42 heavy (non-hydrogen) atoms. The minimum absolute atomic E-state index is 0.0301. The van der Waals surface area contributed by atoms with Gasteiger partial charge in [0.2, 0.25) is 0 Å². The van der Waals surface area contributed by atoms with Crippen LogP contribution in [0.4, 0.5) is 24.5 Å². The second-order valence-corrected chi connectivity index (χ2v) is 9.03. The Hall–Kier alpha value is -4.26. The molecule has 0 bridgehead atoms. The van der Waals surface area contributed by atoms with Crippen LogP contribution in [0.1, 0.15) is 36.6 Å². The number of fused-ring (bicyclic) bond motifs is 1. The van der Waals surface area contributed by atoms with Gasteiger partial charge in [0.25, 0.3) is 11.8 Å². The van der Waals surface area contributed by atoms with Crippen molar-refractivity contribution >= 4 is 29.2 Å². The quantitative estimate of drug-likeness (QED) is 0.152. The first-order chi connectivity index (χ1) is 20.3. The van der Waals surface area contributed by atoms with Crippen molar-refractivity contribution in [2.45, 2.75) is 6.18 Å². The molecule has 1 aliphatic heterocycles. The predicted octanol–water partition coefficient (Wildman–Crippen LogP) is 4.95. The first-order valence-electron chi connectivity index (χ1n) is 13.1. The molecule has 1 heterocycles. The largest absolute Gasteiger partial charge is 0.460 e. The molecule has 1 N–H and O–H groups in total. The molecule has 3 aromatic rings. The smallest absolute Gasteiger partial charge is 0.416 e. The third-order valence-corrected chi connectivity index (χ3v) is 6.16. The van der Waals surface area contributed by atoms with Gasteiger partial charge in [0, 0.05) is 5.69 Å². The van der Waals surface area contributed by atoms with E-state index in [-0.39, 0.29) is 75.9 Å². The average molecular weight is 587 g/mol. The number of ether oxygens (including phenoxy) is 4. The fraction of sp³-hybridized carbons (Fsp3) is 0.300. The molecule has 0 saturated carbocycles. The third kappa shape index (κ3) is 8.15. The lowest BCUT2D eigenvalue weighted by molar-refractivity contribution is -0.137.